The van der Waals surface area contributed by atoms with E-state index in [1.165, 1.54) is 16.7 Å². The van der Waals surface area contributed by atoms with Crippen LogP contribution in [0.3, 0.4) is 0 Å². The predicted octanol–water partition coefficient (Wildman–Crippen LogP) is 2.85. The Kier molecular flexibility index (Phi) is 5.08. The van der Waals surface area contributed by atoms with Crippen molar-refractivity contribution in [3.8, 4) is 12.3 Å². The number of benzene rings is 1. The Balaban J connectivity index is 2.70. The van der Waals surface area contributed by atoms with E-state index in [0.717, 1.165) is 19.3 Å². The zero-order valence-corrected chi connectivity index (χ0v) is 10.5. The van der Waals surface area contributed by atoms with Crippen LogP contribution in [-0.2, 0) is 6.42 Å². The van der Waals surface area contributed by atoms with Crippen molar-refractivity contribution in [2.45, 2.75) is 39.2 Å². The summed E-state index contributed by atoms with van der Waals surface area (Å²) in [6, 6.07) is 7.11. The minimum atomic E-state index is 0.483. The molecule has 16 heavy (non-hydrogen) atoms. The van der Waals surface area contributed by atoms with E-state index < -0.39 is 0 Å². The highest BCUT2D eigenvalue weighted by Gasteiger charge is 2.08. The van der Waals surface area contributed by atoms with E-state index in [4.69, 9.17) is 6.42 Å². The number of terminal acetylenes is 1. The maximum Gasteiger partial charge on any atom is 0.0114 e. The number of hydrogen-bond acceptors (Lipinski definition) is 1. The summed E-state index contributed by atoms with van der Waals surface area (Å²) in [5, 5.41) is 3.34. The third-order valence-corrected chi connectivity index (χ3v) is 3.02. The maximum absolute atomic E-state index is 5.30. The molecule has 0 aliphatic carbocycles. The standard InChI is InChI=1S/C15H21N/c1-5-6-7-15(16-4)11-14-10-12(2)8-9-13(14)3/h1,8-10,15-16H,6-7,11H2,2-4H3. The molecular weight excluding hydrogens is 194 g/mol. The Bertz CT molecular complexity index is 374. The summed E-state index contributed by atoms with van der Waals surface area (Å²) in [5.41, 5.74) is 4.12. The Morgan fingerprint density at radius 3 is 2.75 bits per heavy atom. The lowest BCUT2D eigenvalue weighted by molar-refractivity contribution is 0.527. The van der Waals surface area contributed by atoms with E-state index in [1.807, 2.05) is 7.05 Å². The van der Waals surface area contributed by atoms with Crippen molar-refractivity contribution in [3.63, 3.8) is 0 Å². The second kappa shape index (κ2) is 6.35. The molecule has 0 heterocycles. The van der Waals surface area contributed by atoms with Gasteiger partial charge in [0.05, 0.1) is 0 Å². The van der Waals surface area contributed by atoms with Crippen LogP contribution in [0.1, 0.15) is 29.5 Å². The number of likely N-dealkylation sites (N-methyl/N-ethyl adjacent to an activating group) is 1. The topological polar surface area (TPSA) is 12.0 Å². The predicted molar refractivity (Wildman–Crippen MR) is 70.5 cm³/mol. The maximum atomic E-state index is 5.30. The van der Waals surface area contributed by atoms with Crippen molar-refractivity contribution in [1.82, 2.24) is 5.32 Å². The molecule has 1 nitrogen and oxygen atoms in total. The molecule has 0 radical (unpaired) electrons. The van der Waals surface area contributed by atoms with Gasteiger partial charge in [-0.25, -0.2) is 0 Å². The molecule has 0 fully saturated rings. The lowest BCUT2D eigenvalue weighted by Crippen LogP contribution is -2.27. The zero-order chi connectivity index (χ0) is 12.0. The molecule has 0 bridgehead atoms. The fourth-order valence-corrected chi connectivity index (χ4v) is 1.89. The molecule has 1 unspecified atom stereocenters. The third-order valence-electron chi connectivity index (χ3n) is 3.02. The van der Waals surface area contributed by atoms with Crippen molar-refractivity contribution in [2.24, 2.45) is 0 Å². The van der Waals surface area contributed by atoms with Gasteiger partial charge in [-0.05, 0) is 44.9 Å². The molecule has 0 aromatic heterocycles. The van der Waals surface area contributed by atoms with Gasteiger partial charge in [-0.2, -0.15) is 0 Å². The molecule has 1 heteroatoms. The van der Waals surface area contributed by atoms with E-state index >= 15 is 0 Å². The van der Waals surface area contributed by atoms with Crippen molar-refractivity contribution in [1.29, 1.82) is 0 Å². The molecule has 86 valence electrons. The van der Waals surface area contributed by atoms with Crippen LogP contribution in [0.25, 0.3) is 0 Å². The highest BCUT2D eigenvalue weighted by molar-refractivity contribution is 5.31. The fourth-order valence-electron chi connectivity index (χ4n) is 1.89. The van der Waals surface area contributed by atoms with Crippen LogP contribution in [0.5, 0.6) is 0 Å². The van der Waals surface area contributed by atoms with Gasteiger partial charge in [-0.3, -0.25) is 0 Å². The van der Waals surface area contributed by atoms with E-state index in [1.54, 1.807) is 0 Å². The molecule has 1 aromatic carbocycles. The van der Waals surface area contributed by atoms with Gasteiger partial charge in [0.25, 0.3) is 0 Å². The average Bonchev–Trinajstić information content (AvgIpc) is 2.28. The zero-order valence-electron chi connectivity index (χ0n) is 10.5. The minimum absolute atomic E-state index is 0.483. The third kappa shape index (κ3) is 3.72. The van der Waals surface area contributed by atoms with E-state index in [2.05, 4.69) is 43.3 Å². The number of rotatable bonds is 5. The van der Waals surface area contributed by atoms with Gasteiger partial charge in [0.2, 0.25) is 0 Å². The monoisotopic (exact) mass is 215 g/mol. The lowest BCUT2D eigenvalue weighted by atomic mass is 9.97. The van der Waals surface area contributed by atoms with Crippen LogP contribution in [0, 0.1) is 26.2 Å². The summed E-state index contributed by atoms with van der Waals surface area (Å²) in [7, 11) is 2.01. The molecule has 1 aromatic rings. The van der Waals surface area contributed by atoms with Gasteiger partial charge in [0.1, 0.15) is 0 Å². The first-order valence-electron chi connectivity index (χ1n) is 5.84. The second-order valence-corrected chi connectivity index (χ2v) is 4.36. The highest BCUT2D eigenvalue weighted by Crippen LogP contribution is 2.14. The normalized spacial score (nSPS) is 12.1. The number of nitrogens with one attached hydrogen (secondary N) is 1. The molecule has 1 atom stereocenters. The van der Waals surface area contributed by atoms with Crippen molar-refractivity contribution in [2.75, 3.05) is 7.05 Å². The van der Waals surface area contributed by atoms with Crippen molar-refractivity contribution >= 4 is 0 Å². The molecule has 0 aliphatic rings. The van der Waals surface area contributed by atoms with Crippen LogP contribution in [0.4, 0.5) is 0 Å². The van der Waals surface area contributed by atoms with Gasteiger partial charge >= 0.3 is 0 Å². The summed E-state index contributed by atoms with van der Waals surface area (Å²) < 4.78 is 0. The quantitative estimate of drug-likeness (QED) is 0.745. The van der Waals surface area contributed by atoms with Crippen molar-refractivity contribution in [3.05, 3.63) is 34.9 Å². The lowest BCUT2D eigenvalue weighted by Gasteiger charge is -2.16. The Morgan fingerprint density at radius 1 is 1.38 bits per heavy atom. The van der Waals surface area contributed by atoms with Gasteiger partial charge in [-0.1, -0.05) is 23.8 Å². The molecule has 0 aliphatic heterocycles. The molecule has 0 saturated heterocycles. The van der Waals surface area contributed by atoms with Gasteiger partial charge in [0.15, 0.2) is 0 Å². The molecule has 0 amide bonds. The first-order chi connectivity index (χ1) is 7.67. The Labute approximate surface area is 99.3 Å². The SMILES string of the molecule is C#CCCC(Cc1cc(C)ccc1C)NC. The smallest absolute Gasteiger partial charge is 0.0114 e. The molecule has 0 saturated carbocycles. The van der Waals surface area contributed by atoms with Crippen LogP contribution >= 0.6 is 0 Å². The summed E-state index contributed by atoms with van der Waals surface area (Å²) in [6.45, 7) is 4.31. The largest absolute Gasteiger partial charge is 0.317 e. The average molecular weight is 215 g/mol. The summed E-state index contributed by atoms with van der Waals surface area (Å²) in [6.07, 6.45) is 8.25. The Hall–Kier alpha value is -1.26. The van der Waals surface area contributed by atoms with Crippen LogP contribution in [-0.4, -0.2) is 13.1 Å². The number of aryl methyl sites for hydroxylation is 2. The van der Waals surface area contributed by atoms with E-state index in [9.17, 15) is 0 Å². The van der Waals surface area contributed by atoms with Crippen LogP contribution in [0.2, 0.25) is 0 Å². The first kappa shape index (κ1) is 12.8. The fraction of sp³-hybridized carbons (Fsp3) is 0.467. The molecule has 1 rings (SSSR count). The van der Waals surface area contributed by atoms with Gasteiger partial charge in [0, 0.05) is 12.5 Å². The van der Waals surface area contributed by atoms with Gasteiger partial charge in [-0.15, -0.1) is 12.3 Å². The molecular formula is C15H21N. The first-order valence-corrected chi connectivity index (χ1v) is 5.84. The second-order valence-electron chi connectivity index (χ2n) is 4.36. The van der Waals surface area contributed by atoms with Gasteiger partial charge < -0.3 is 5.32 Å². The molecule has 0 spiro atoms. The summed E-state index contributed by atoms with van der Waals surface area (Å²) >= 11 is 0. The summed E-state index contributed by atoms with van der Waals surface area (Å²) in [5.74, 6) is 2.70. The van der Waals surface area contributed by atoms with Crippen LogP contribution in [0.15, 0.2) is 18.2 Å². The van der Waals surface area contributed by atoms with E-state index in [-0.39, 0.29) is 0 Å². The summed E-state index contributed by atoms with van der Waals surface area (Å²) in [4.78, 5) is 0. The van der Waals surface area contributed by atoms with Crippen LogP contribution < -0.4 is 5.32 Å². The molecule has 1 N–H and O–H groups in total. The number of hydrogen-bond donors (Lipinski definition) is 1. The highest BCUT2D eigenvalue weighted by atomic mass is 14.9. The minimum Gasteiger partial charge on any atom is -0.317 e. The van der Waals surface area contributed by atoms with Crippen molar-refractivity contribution < 1.29 is 0 Å². The Morgan fingerprint density at radius 2 is 2.12 bits per heavy atom. The van der Waals surface area contributed by atoms with E-state index in [0.29, 0.717) is 6.04 Å².